The van der Waals surface area contributed by atoms with E-state index in [0.29, 0.717) is 0 Å². The van der Waals surface area contributed by atoms with Gasteiger partial charge in [-0.05, 0) is 24.6 Å². The van der Waals surface area contributed by atoms with Crippen LogP contribution in [-0.4, -0.2) is 28.6 Å². The number of carbonyl (C=O) groups is 1. The van der Waals surface area contributed by atoms with Crippen LogP contribution in [0.5, 0.6) is 0 Å². The van der Waals surface area contributed by atoms with Gasteiger partial charge in [-0.1, -0.05) is 0 Å². The number of aromatic nitrogens is 1. The zero-order valence-corrected chi connectivity index (χ0v) is 8.55. The second kappa shape index (κ2) is 5.43. The molecule has 1 aromatic rings. The molecule has 0 amide bonds. The van der Waals surface area contributed by atoms with Crippen LogP contribution < -0.4 is 11.1 Å². The second-order valence-electron chi connectivity index (χ2n) is 3.36. The monoisotopic (exact) mass is 209 g/mol. The third kappa shape index (κ3) is 3.65. The van der Waals surface area contributed by atoms with Gasteiger partial charge in [0.25, 0.3) is 0 Å². The maximum atomic E-state index is 10.5. The smallest absolute Gasteiger partial charge is 0.321 e. The molecule has 1 aromatic heterocycles. The number of carboxylic acids is 1. The number of rotatable bonds is 5. The molecule has 5 nitrogen and oxygen atoms in total. The Morgan fingerprint density at radius 1 is 1.60 bits per heavy atom. The molecule has 1 unspecified atom stereocenters. The molecule has 0 aliphatic heterocycles. The molecule has 15 heavy (non-hydrogen) atoms. The van der Waals surface area contributed by atoms with Crippen LogP contribution in [0.4, 0.5) is 0 Å². The quantitative estimate of drug-likeness (QED) is 0.642. The van der Waals surface area contributed by atoms with E-state index >= 15 is 0 Å². The predicted molar refractivity (Wildman–Crippen MR) is 56.3 cm³/mol. The molecule has 0 bridgehead atoms. The summed E-state index contributed by atoms with van der Waals surface area (Å²) in [7, 11) is 0. The fourth-order valence-electron chi connectivity index (χ4n) is 1.16. The van der Waals surface area contributed by atoms with Crippen LogP contribution >= 0.6 is 0 Å². The van der Waals surface area contributed by atoms with Crippen molar-refractivity contribution in [2.45, 2.75) is 19.0 Å². The highest BCUT2D eigenvalue weighted by molar-refractivity contribution is 5.73. The van der Waals surface area contributed by atoms with E-state index in [0.717, 1.165) is 5.56 Å². The molecule has 2 atom stereocenters. The number of hydrogen-bond acceptors (Lipinski definition) is 4. The summed E-state index contributed by atoms with van der Waals surface area (Å²) in [5.41, 5.74) is 6.43. The zero-order chi connectivity index (χ0) is 11.3. The Hall–Kier alpha value is -1.46. The van der Waals surface area contributed by atoms with Gasteiger partial charge in [-0.25, -0.2) is 0 Å². The minimum Gasteiger partial charge on any atom is -0.480 e. The summed E-state index contributed by atoms with van der Waals surface area (Å²) >= 11 is 0. The number of aliphatic carboxylic acids is 1. The zero-order valence-electron chi connectivity index (χ0n) is 8.55. The van der Waals surface area contributed by atoms with E-state index < -0.39 is 12.0 Å². The van der Waals surface area contributed by atoms with Crippen molar-refractivity contribution in [2.75, 3.05) is 6.54 Å². The Morgan fingerprint density at radius 3 is 2.73 bits per heavy atom. The Bertz CT molecular complexity index is 316. The molecule has 5 heteroatoms. The fourth-order valence-corrected chi connectivity index (χ4v) is 1.16. The standard InChI is InChI=1S/C10H15N3O2/c1-7(8-2-4-12-5-3-8)13-6-9(11)10(14)15/h2-5,7,9,13H,6,11H2,1H3,(H,14,15)/t7-,9?/m0/s1. The predicted octanol–water partition coefficient (Wildman–Crippen LogP) is 0.144. The molecule has 0 saturated carbocycles. The molecule has 0 fully saturated rings. The highest BCUT2D eigenvalue weighted by Gasteiger charge is 2.12. The summed E-state index contributed by atoms with van der Waals surface area (Å²) < 4.78 is 0. The molecule has 4 N–H and O–H groups in total. The largest absolute Gasteiger partial charge is 0.480 e. The van der Waals surface area contributed by atoms with E-state index in [9.17, 15) is 4.79 Å². The van der Waals surface area contributed by atoms with E-state index in [2.05, 4.69) is 10.3 Å². The summed E-state index contributed by atoms with van der Waals surface area (Å²) in [6.07, 6.45) is 3.40. The van der Waals surface area contributed by atoms with Gasteiger partial charge in [-0.3, -0.25) is 9.78 Å². The number of nitrogens with zero attached hydrogens (tertiary/aromatic N) is 1. The van der Waals surface area contributed by atoms with Crippen molar-refractivity contribution >= 4 is 5.97 Å². The SMILES string of the molecule is C[C@H](NCC(N)C(=O)O)c1ccncc1. The Kier molecular flexibility index (Phi) is 4.20. The number of carboxylic acid groups (broad SMARTS) is 1. The van der Waals surface area contributed by atoms with Crippen LogP contribution in [0.25, 0.3) is 0 Å². The molecule has 0 radical (unpaired) electrons. The van der Waals surface area contributed by atoms with Crippen molar-refractivity contribution in [2.24, 2.45) is 5.73 Å². The number of hydrogen-bond donors (Lipinski definition) is 3. The van der Waals surface area contributed by atoms with Gasteiger partial charge in [0.1, 0.15) is 6.04 Å². The molecular weight excluding hydrogens is 194 g/mol. The minimum atomic E-state index is -0.996. The Balaban J connectivity index is 2.43. The van der Waals surface area contributed by atoms with Crippen molar-refractivity contribution < 1.29 is 9.90 Å². The van der Waals surface area contributed by atoms with Gasteiger partial charge < -0.3 is 16.2 Å². The fraction of sp³-hybridized carbons (Fsp3) is 0.400. The van der Waals surface area contributed by atoms with Gasteiger partial charge in [0.2, 0.25) is 0 Å². The summed E-state index contributed by atoms with van der Waals surface area (Å²) in [4.78, 5) is 14.4. The topological polar surface area (TPSA) is 88.2 Å². The molecule has 0 aliphatic rings. The van der Waals surface area contributed by atoms with Gasteiger partial charge in [0, 0.05) is 25.0 Å². The Morgan fingerprint density at radius 2 is 2.20 bits per heavy atom. The van der Waals surface area contributed by atoms with E-state index in [1.54, 1.807) is 12.4 Å². The van der Waals surface area contributed by atoms with Gasteiger partial charge in [0.05, 0.1) is 0 Å². The molecule has 0 aromatic carbocycles. The molecule has 0 aliphatic carbocycles. The molecule has 0 spiro atoms. The lowest BCUT2D eigenvalue weighted by atomic mass is 10.1. The summed E-state index contributed by atoms with van der Waals surface area (Å²) in [6.45, 7) is 2.20. The maximum absolute atomic E-state index is 10.5. The van der Waals surface area contributed by atoms with Crippen molar-refractivity contribution in [3.8, 4) is 0 Å². The maximum Gasteiger partial charge on any atom is 0.321 e. The van der Waals surface area contributed by atoms with Crippen LogP contribution in [0, 0.1) is 0 Å². The van der Waals surface area contributed by atoms with Crippen molar-refractivity contribution in [1.29, 1.82) is 0 Å². The highest BCUT2D eigenvalue weighted by atomic mass is 16.4. The first-order valence-electron chi connectivity index (χ1n) is 4.73. The van der Waals surface area contributed by atoms with Crippen molar-refractivity contribution in [3.63, 3.8) is 0 Å². The van der Waals surface area contributed by atoms with Crippen LogP contribution in [0.3, 0.4) is 0 Å². The third-order valence-corrected chi connectivity index (χ3v) is 2.17. The lowest BCUT2D eigenvalue weighted by molar-refractivity contribution is -0.138. The first kappa shape index (κ1) is 11.6. The van der Waals surface area contributed by atoms with Gasteiger partial charge in [-0.15, -0.1) is 0 Å². The summed E-state index contributed by atoms with van der Waals surface area (Å²) in [6, 6.07) is 2.96. The van der Waals surface area contributed by atoms with E-state index in [4.69, 9.17) is 10.8 Å². The number of nitrogens with two attached hydrogens (primary N) is 1. The van der Waals surface area contributed by atoms with E-state index in [-0.39, 0.29) is 12.6 Å². The molecule has 82 valence electrons. The number of nitrogens with one attached hydrogen (secondary N) is 1. The average molecular weight is 209 g/mol. The first-order chi connectivity index (χ1) is 7.11. The minimum absolute atomic E-state index is 0.0680. The lowest BCUT2D eigenvalue weighted by Crippen LogP contribution is -2.41. The molecular formula is C10H15N3O2. The molecule has 1 rings (SSSR count). The van der Waals surface area contributed by atoms with Crippen LogP contribution in [-0.2, 0) is 4.79 Å². The van der Waals surface area contributed by atoms with Crippen LogP contribution in [0.15, 0.2) is 24.5 Å². The normalized spacial score (nSPS) is 14.5. The summed E-state index contributed by atoms with van der Waals surface area (Å²) in [5, 5.41) is 11.6. The molecule has 1 heterocycles. The molecule has 0 saturated heterocycles. The number of pyridine rings is 1. The highest BCUT2D eigenvalue weighted by Crippen LogP contribution is 2.09. The van der Waals surface area contributed by atoms with E-state index in [1.165, 1.54) is 0 Å². The second-order valence-corrected chi connectivity index (χ2v) is 3.36. The van der Waals surface area contributed by atoms with Crippen molar-refractivity contribution in [1.82, 2.24) is 10.3 Å². The van der Waals surface area contributed by atoms with Gasteiger partial charge >= 0.3 is 5.97 Å². The summed E-state index contributed by atoms with van der Waals surface area (Å²) in [5.74, 6) is -0.996. The van der Waals surface area contributed by atoms with Gasteiger partial charge in [-0.2, -0.15) is 0 Å². The third-order valence-electron chi connectivity index (χ3n) is 2.17. The van der Waals surface area contributed by atoms with Crippen molar-refractivity contribution in [3.05, 3.63) is 30.1 Å². The van der Waals surface area contributed by atoms with Gasteiger partial charge in [0.15, 0.2) is 0 Å². The first-order valence-corrected chi connectivity index (χ1v) is 4.73. The lowest BCUT2D eigenvalue weighted by Gasteiger charge is -2.15. The Labute approximate surface area is 88.3 Å². The van der Waals surface area contributed by atoms with E-state index in [1.807, 2.05) is 19.1 Å². The average Bonchev–Trinajstić information content (AvgIpc) is 2.26. The van der Waals surface area contributed by atoms with Crippen LogP contribution in [0.1, 0.15) is 18.5 Å². The van der Waals surface area contributed by atoms with Crippen LogP contribution in [0.2, 0.25) is 0 Å².